The summed E-state index contributed by atoms with van der Waals surface area (Å²) in [5.41, 5.74) is 4.65. The normalized spacial score (nSPS) is 11.2. The highest BCUT2D eigenvalue weighted by Gasteiger charge is 2.04. The number of allylic oxidation sites excluding steroid dienone is 2. The van der Waals surface area contributed by atoms with Gasteiger partial charge in [-0.05, 0) is 48.6 Å². The van der Waals surface area contributed by atoms with Crippen LogP contribution in [0.5, 0.6) is 0 Å². The molecule has 0 spiro atoms. The maximum Gasteiger partial charge on any atom is 0.0991 e. The Bertz CT molecular complexity index is 422. The van der Waals surface area contributed by atoms with Crippen LogP contribution in [-0.2, 0) is 0 Å². The Morgan fingerprint density at radius 1 is 1.38 bits per heavy atom. The summed E-state index contributed by atoms with van der Waals surface area (Å²) in [6, 6.07) is 8.12. The van der Waals surface area contributed by atoms with Crippen molar-refractivity contribution in [2.75, 3.05) is 0 Å². The second-order valence-electron chi connectivity index (χ2n) is 4.03. The quantitative estimate of drug-likeness (QED) is 0.724. The van der Waals surface area contributed by atoms with Gasteiger partial charge in [-0.3, -0.25) is 0 Å². The van der Waals surface area contributed by atoms with Crippen molar-refractivity contribution in [3.8, 4) is 6.07 Å². The summed E-state index contributed by atoms with van der Waals surface area (Å²) >= 11 is 0. The minimum absolute atomic E-state index is 0.744. The predicted molar refractivity (Wildman–Crippen MR) is 69.1 cm³/mol. The lowest BCUT2D eigenvalue weighted by Gasteiger charge is -2.10. The monoisotopic (exact) mass is 213 g/mol. The number of nitriles is 1. The number of benzene rings is 1. The highest BCUT2D eigenvalue weighted by Crippen LogP contribution is 2.24. The van der Waals surface area contributed by atoms with Crippen molar-refractivity contribution >= 4 is 5.57 Å². The van der Waals surface area contributed by atoms with E-state index in [1.54, 1.807) is 0 Å². The third kappa shape index (κ3) is 2.97. The summed E-state index contributed by atoms with van der Waals surface area (Å²) in [6.45, 7) is 6.44. The molecule has 0 N–H and O–H groups in total. The topological polar surface area (TPSA) is 23.8 Å². The van der Waals surface area contributed by atoms with E-state index in [1.807, 2.05) is 12.1 Å². The molecule has 0 atom stereocenters. The molecule has 0 aromatic heterocycles. The van der Waals surface area contributed by atoms with Crippen LogP contribution in [0.15, 0.2) is 24.3 Å². The average molecular weight is 213 g/mol. The lowest BCUT2D eigenvalue weighted by atomic mass is 9.95. The lowest BCUT2D eigenvalue weighted by molar-refractivity contribution is 0.965. The molecule has 0 aliphatic carbocycles. The van der Waals surface area contributed by atoms with Gasteiger partial charge in [0.05, 0.1) is 11.6 Å². The zero-order valence-electron chi connectivity index (χ0n) is 10.4. The number of rotatable bonds is 4. The molecule has 16 heavy (non-hydrogen) atoms. The molecule has 0 saturated heterocycles. The first-order chi connectivity index (χ1) is 7.72. The maximum absolute atomic E-state index is 8.83. The van der Waals surface area contributed by atoms with Gasteiger partial charge in [-0.25, -0.2) is 0 Å². The summed E-state index contributed by atoms with van der Waals surface area (Å²) in [5, 5.41) is 8.83. The van der Waals surface area contributed by atoms with Crippen LogP contribution >= 0.6 is 0 Å². The zero-order valence-corrected chi connectivity index (χ0v) is 10.4. The second-order valence-corrected chi connectivity index (χ2v) is 4.03. The largest absolute Gasteiger partial charge is 0.192 e. The van der Waals surface area contributed by atoms with Crippen LogP contribution < -0.4 is 0 Å². The Labute approximate surface area is 98.4 Å². The fourth-order valence-electron chi connectivity index (χ4n) is 1.96. The molecular formula is C15H19N. The van der Waals surface area contributed by atoms with Crippen molar-refractivity contribution in [1.82, 2.24) is 0 Å². The standard InChI is InChI=1S/C15H19N/c1-4-6-14(7-5-2)15-9-8-13(11-16)10-12(15)3/h6,8-10H,4-5,7H2,1-3H3/b14-6+. The molecule has 0 saturated carbocycles. The fraction of sp³-hybridized carbons (Fsp3) is 0.400. The fourth-order valence-corrected chi connectivity index (χ4v) is 1.96. The van der Waals surface area contributed by atoms with E-state index in [0.29, 0.717) is 0 Å². The van der Waals surface area contributed by atoms with Gasteiger partial charge >= 0.3 is 0 Å². The van der Waals surface area contributed by atoms with Crippen LogP contribution in [0.25, 0.3) is 5.57 Å². The smallest absolute Gasteiger partial charge is 0.0991 e. The molecule has 1 aromatic rings. The molecule has 1 heteroatoms. The number of hydrogen-bond donors (Lipinski definition) is 0. The molecule has 0 amide bonds. The lowest BCUT2D eigenvalue weighted by Crippen LogP contribution is -1.90. The van der Waals surface area contributed by atoms with Gasteiger partial charge in [0.25, 0.3) is 0 Å². The molecule has 0 aliphatic rings. The van der Waals surface area contributed by atoms with E-state index in [1.165, 1.54) is 16.7 Å². The van der Waals surface area contributed by atoms with Crippen molar-refractivity contribution in [2.45, 2.75) is 40.0 Å². The molecular weight excluding hydrogens is 194 g/mol. The van der Waals surface area contributed by atoms with Crippen molar-refractivity contribution in [2.24, 2.45) is 0 Å². The molecule has 0 bridgehead atoms. The van der Waals surface area contributed by atoms with Crippen LogP contribution in [0, 0.1) is 18.3 Å². The molecule has 0 radical (unpaired) electrons. The van der Waals surface area contributed by atoms with Gasteiger partial charge in [0.15, 0.2) is 0 Å². The highest BCUT2D eigenvalue weighted by molar-refractivity contribution is 5.68. The molecule has 1 rings (SSSR count). The van der Waals surface area contributed by atoms with Crippen molar-refractivity contribution < 1.29 is 0 Å². The van der Waals surface area contributed by atoms with Gasteiger partial charge in [-0.2, -0.15) is 5.26 Å². The first-order valence-electron chi connectivity index (χ1n) is 5.93. The van der Waals surface area contributed by atoms with Gasteiger partial charge in [-0.15, -0.1) is 0 Å². The Morgan fingerprint density at radius 2 is 2.12 bits per heavy atom. The van der Waals surface area contributed by atoms with Crippen LogP contribution in [0.1, 0.15) is 49.8 Å². The summed E-state index contributed by atoms with van der Waals surface area (Å²) in [6.07, 6.45) is 5.62. The second kappa shape index (κ2) is 6.12. The zero-order chi connectivity index (χ0) is 12.0. The third-order valence-electron chi connectivity index (χ3n) is 2.67. The van der Waals surface area contributed by atoms with E-state index < -0.39 is 0 Å². The number of nitrogens with zero attached hydrogens (tertiary/aromatic N) is 1. The predicted octanol–water partition coefficient (Wildman–Crippen LogP) is 4.46. The number of aryl methyl sites for hydroxylation is 1. The van der Waals surface area contributed by atoms with Crippen molar-refractivity contribution in [3.63, 3.8) is 0 Å². The summed E-state index contributed by atoms with van der Waals surface area (Å²) in [5.74, 6) is 0. The maximum atomic E-state index is 8.83. The van der Waals surface area contributed by atoms with E-state index in [0.717, 1.165) is 24.8 Å². The molecule has 1 nitrogen and oxygen atoms in total. The average Bonchev–Trinajstić information content (AvgIpc) is 2.29. The molecule has 0 unspecified atom stereocenters. The van der Waals surface area contributed by atoms with Crippen molar-refractivity contribution in [3.05, 3.63) is 41.0 Å². The Morgan fingerprint density at radius 3 is 2.62 bits per heavy atom. The van der Waals surface area contributed by atoms with Gasteiger partial charge in [0.1, 0.15) is 0 Å². The minimum Gasteiger partial charge on any atom is -0.192 e. The highest BCUT2D eigenvalue weighted by atomic mass is 14.2. The molecule has 0 fully saturated rings. The van der Waals surface area contributed by atoms with Gasteiger partial charge in [-0.1, -0.05) is 32.4 Å². The molecule has 84 valence electrons. The SMILES string of the molecule is CC/C=C(\CCC)c1ccc(C#N)cc1C. The van der Waals surface area contributed by atoms with Gasteiger partial charge in [0, 0.05) is 0 Å². The first kappa shape index (κ1) is 12.5. The van der Waals surface area contributed by atoms with E-state index in [4.69, 9.17) is 5.26 Å². The summed E-state index contributed by atoms with van der Waals surface area (Å²) < 4.78 is 0. The van der Waals surface area contributed by atoms with Crippen LogP contribution in [0.2, 0.25) is 0 Å². The summed E-state index contributed by atoms with van der Waals surface area (Å²) in [4.78, 5) is 0. The number of hydrogen-bond acceptors (Lipinski definition) is 1. The Kier molecular flexibility index (Phi) is 4.79. The van der Waals surface area contributed by atoms with Crippen LogP contribution in [0.4, 0.5) is 0 Å². The summed E-state index contributed by atoms with van der Waals surface area (Å²) in [7, 11) is 0. The molecule has 0 heterocycles. The van der Waals surface area contributed by atoms with E-state index in [2.05, 4.69) is 39.0 Å². The minimum atomic E-state index is 0.744. The van der Waals surface area contributed by atoms with Crippen LogP contribution in [-0.4, -0.2) is 0 Å². The van der Waals surface area contributed by atoms with E-state index >= 15 is 0 Å². The molecule has 0 aliphatic heterocycles. The first-order valence-corrected chi connectivity index (χ1v) is 5.93. The van der Waals surface area contributed by atoms with E-state index in [9.17, 15) is 0 Å². The van der Waals surface area contributed by atoms with Crippen molar-refractivity contribution in [1.29, 1.82) is 5.26 Å². The third-order valence-corrected chi connectivity index (χ3v) is 2.67. The van der Waals surface area contributed by atoms with Gasteiger partial charge in [0.2, 0.25) is 0 Å². The Balaban J connectivity index is 3.11. The Hall–Kier alpha value is -1.55. The van der Waals surface area contributed by atoms with E-state index in [-0.39, 0.29) is 0 Å². The molecule has 1 aromatic carbocycles. The van der Waals surface area contributed by atoms with Gasteiger partial charge < -0.3 is 0 Å². The van der Waals surface area contributed by atoms with Crippen LogP contribution in [0.3, 0.4) is 0 Å².